The van der Waals surface area contributed by atoms with Crippen LogP contribution in [-0.4, -0.2) is 29.1 Å². The normalized spacial score (nSPS) is 17.1. The van der Waals surface area contributed by atoms with Gasteiger partial charge in [0.2, 0.25) is 0 Å². The largest absolute Gasteiger partial charge is 0.303 e. The number of nitrogens with zero attached hydrogens (tertiary/aromatic N) is 1. The van der Waals surface area contributed by atoms with Gasteiger partial charge in [-0.05, 0) is 48.2 Å². The van der Waals surface area contributed by atoms with Crippen molar-refractivity contribution in [2.24, 2.45) is 0 Å². The Bertz CT molecular complexity index is 1010. The van der Waals surface area contributed by atoms with Crippen LogP contribution >= 0.6 is 23.4 Å². The minimum atomic E-state index is -4.20. The molecule has 1 fully saturated rings. The first-order chi connectivity index (χ1) is 12.4. The summed E-state index contributed by atoms with van der Waals surface area (Å²) in [6.45, 7) is 0. The zero-order chi connectivity index (χ0) is 18.7. The van der Waals surface area contributed by atoms with Crippen molar-refractivity contribution < 1.29 is 18.0 Å². The average Bonchev–Trinajstić information content (AvgIpc) is 2.92. The van der Waals surface area contributed by atoms with E-state index < -0.39 is 26.4 Å². The second-order valence-electron chi connectivity index (χ2n) is 5.31. The second kappa shape index (κ2) is 7.54. The number of sulfonamides is 1. The summed E-state index contributed by atoms with van der Waals surface area (Å²) in [5.41, 5.74) is 0.713. The number of halogens is 1. The van der Waals surface area contributed by atoms with E-state index in [1.165, 1.54) is 24.3 Å². The highest BCUT2D eigenvalue weighted by Gasteiger charge is 2.46. The topological polar surface area (TPSA) is 71.5 Å². The lowest BCUT2D eigenvalue weighted by Gasteiger charge is -2.13. The third-order valence-electron chi connectivity index (χ3n) is 3.53. The summed E-state index contributed by atoms with van der Waals surface area (Å²) in [6.07, 6.45) is 0.0681. The van der Waals surface area contributed by atoms with Crippen LogP contribution in [0.15, 0.2) is 59.5 Å². The van der Waals surface area contributed by atoms with Gasteiger partial charge in [0.25, 0.3) is 15.9 Å². The van der Waals surface area contributed by atoms with E-state index in [4.69, 9.17) is 11.6 Å². The maximum atomic E-state index is 12.6. The first-order valence-electron chi connectivity index (χ1n) is 7.49. The van der Waals surface area contributed by atoms with Gasteiger partial charge in [-0.3, -0.25) is 9.59 Å². The van der Waals surface area contributed by atoms with E-state index in [1.54, 1.807) is 30.3 Å². The minimum Gasteiger partial charge on any atom is -0.272 e. The molecule has 0 bridgehead atoms. The van der Waals surface area contributed by atoms with Crippen LogP contribution in [0.2, 0.25) is 5.02 Å². The number of hydrogen-bond acceptors (Lipinski definition) is 5. The Morgan fingerprint density at radius 2 is 1.69 bits per heavy atom. The molecule has 5 nitrogen and oxygen atoms in total. The summed E-state index contributed by atoms with van der Waals surface area (Å²) in [4.78, 5) is 24.5. The number of imide groups is 1. The number of benzene rings is 2. The van der Waals surface area contributed by atoms with E-state index in [9.17, 15) is 18.0 Å². The number of carbonyl (C=O) groups excluding carboxylic acids is 2. The van der Waals surface area contributed by atoms with E-state index in [0.29, 0.717) is 26.7 Å². The molecule has 0 aromatic heterocycles. The lowest BCUT2D eigenvalue weighted by molar-refractivity contribution is -0.123. The highest BCUT2D eigenvalue weighted by atomic mass is 35.5. The monoisotopic (exact) mass is 405 g/mol. The molecule has 1 saturated heterocycles. The fourth-order valence-corrected chi connectivity index (χ4v) is 4.95. The van der Waals surface area contributed by atoms with Crippen LogP contribution in [0.5, 0.6) is 0 Å². The van der Waals surface area contributed by atoms with Crippen molar-refractivity contribution in [3.8, 4) is 11.8 Å². The first-order valence-corrected chi connectivity index (χ1v) is 10.2. The Morgan fingerprint density at radius 3 is 2.35 bits per heavy atom. The van der Waals surface area contributed by atoms with E-state index in [2.05, 4.69) is 11.8 Å². The van der Waals surface area contributed by atoms with Gasteiger partial charge < -0.3 is 0 Å². The smallest absolute Gasteiger partial charge is 0.272 e. The maximum absolute atomic E-state index is 12.6. The Balaban J connectivity index is 1.76. The first kappa shape index (κ1) is 18.5. The molecule has 3 rings (SSSR count). The maximum Gasteiger partial charge on any atom is 0.303 e. The number of hydrogen-bond donors (Lipinski definition) is 0. The Morgan fingerprint density at radius 1 is 1.04 bits per heavy atom. The van der Waals surface area contributed by atoms with Gasteiger partial charge in [0.1, 0.15) is 5.25 Å². The Kier molecular flexibility index (Phi) is 5.37. The van der Waals surface area contributed by atoms with Crippen molar-refractivity contribution >= 4 is 44.5 Å². The fourth-order valence-electron chi connectivity index (χ4n) is 2.26. The minimum absolute atomic E-state index is 0.0681. The molecule has 0 N–H and O–H groups in total. The molecule has 1 aliphatic heterocycles. The van der Waals surface area contributed by atoms with Gasteiger partial charge >= 0.3 is 5.24 Å². The fraction of sp³-hybridized carbons (Fsp3) is 0.111. The second-order valence-corrected chi connectivity index (χ2v) is 8.68. The summed E-state index contributed by atoms with van der Waals surface area (Å²) >= 11 is 6.47. The highest BCUT2D eigenvalue weighted by Crippen LogP contribution is 2.33. The number of carbonyl (C=O) groups is 2. The lowest BCUT2D eigenvalue weighted by Crippen LogP contribution is -2.37. The summed E-state index contributed by atoms with van der Waals surface area (Å²) in [5.74, 6) is 4.91. The summed E-state index contributed by atoms with van der Waals surface area (Å²) in [5, 5.41) is -1.07. The molecular formula is C18H12ClNO4S2. The Labute approximate surface area is 160 Å². The van der Waals surface area contributed by atoms with E-state index in [-0.39, 0.29) is 11.3 Å². The third-order valence-corrected chi connectivity index (χ3v) is 6.63. The van der Waals surface area contributed by atoms with E-state index in [0.717, 1.165) is 0 Å². The van der Waals surface area contributed by atoms with Gasteiger partial charge in [-0.25, -0.2) is 8.42 Å². The number of amides is 2. The molecule has 0 radical (unpaired) electrons. The van der Waals surface area contributed by atoms with Crippen molar-refractivity contribution in [3.63, 3.8) is 0 Å². The molecule has 0 spiro atoms. The van der Waals surface area contributed by atoms with Crippen LogP contribution in [0.1, 0.15) is 12.0 Å². The molecule has 1 atom stereocenters. The number of rotatable bonds is 3. The zero-order valence-electron chi connectivity index (χ0n) is 13.3. The molecule has 0 aliphatic carbocycles. The van der Waals surface area contributed by atoms with Crippen LogP contribution in [-0.2, 0) is 14.8 Å². The van der Waals surface area contributed by atoms with Crippen molar-refractivity contribution in [3.05, 3.63) is 65.2 Å². The molecule has 26 heavy (non-hydrogen) atoms. The average molecular weight is 406 g/mol. The molecule has 1 heterocycles. The predicted octanol–water partition coefficient (Wildman–Crippen LogP) is 3.53. The van der Waals surface area contributed by atoms with Gasteiger partial charge in [0.05, 0.1) is 4.90 Å². The third kappa shape index (κ3) is 3.78. The molecule has 2 amide bonds. The van der Waals surface area contributed by atoms with Crippen LogP contribution < -0.4 is 0 Å². The zero-order valence-corrected chi connectivity index (χ0v) is 15.6. The van der Waals surface area contributed by atoms with Gasteiger partial charge in [-0.2, -0.15) is 4.31 Å². The molecule has 2 aromatic rings. The van der Waals surface area contributed by atoms with Crippen molar-refractivity contribution in [1.82, 2.24) is 4.31 Å². The lowest BCUT2D eigenvalue weighted by atomic mass is 10.2. The quantitative estimate of drug-likeness (QED) is 0.730. The summed E-state index contributed by atoms with van der Waals surface area (Å²) in [7, 11) is -4.20. The van der Waals surface area contributed by atoms with Crippen molar-refractivity contribution in [2.75, 3.05) is 0 Å². The van der Waals surface area contributed by atoms with Crippen molar-refractivity contribution in [2.45, 2.75) is 16.6 Å². The molecule has 1 unspecified atom stereocenters. The summed E-state index contributed by atoms with van der Waals surface area (Å²) in [6, 6.07) is 14.2. The van der Waals surface area contributed by atoms with Crippen LogP contribution in [0.3, 0.4) is 0 Å². The Hall–Kier alpha value is -2.27. The van der Waals surface area contributed by atoms with Gasteiger partial charge in [0.15, 0.2) is 0 Å². The van der Waals surface area contributed by atoms with E-state index in [1.807, 2.05) is 0 Å². The van der Waals surface area contributed by atoms with Gasteiger partial charge in [-0.1, -0.05) is 41.6 Å². The van der Waals surface area contributed by atoms with E-state index >= 15 is 0 Å². The molecule has 0 saturated carbocycles. The van der Waals surface area contributed by atoms with Crippen LogP contribution in [0.4, 0.5) is 4.79 Å². The number of thioether (sulfide) groups is 1. The van der Waals surface area contributed by atoms with Gasteiger partial charge in [-0.15, -0.1) is 0 Å². The molecule has 8 heteroatoms. The molecule has 132 valence electrons. The van der Waals surface area contributed by atoms with Crippen LogP contribution in [0.25, 0.3) is 0 Å². The SMILES string of the molecule is O=C1SC(CC#Cc2ccc(Cl)cc2)C(=O)N1S(=O)(=O)c1ccccc1. The molecule has 1 aliphatic rings. The molecule has 2 aromatic carbocycles. The van der Waals surface area contributed by atoms with Crippen molar-refractivity contribution in [1.29, 1.82) is 0 Å². The standard InChI is InChI=1S/C18H12ClNO4S2/c19-14-11-9-13(10-12-14)5-4-8-16-17(21)20(18(22)25-16)26(23,24)15-6-2-1-3-7-15/h1-3,6-7,9-12,16H,8H2. The van der Waals surface area contributed by atoms with Gasteiger partial charge in [0, 0.05) is 17.0 Å². The highest BCUT2D eigenvalue weighted by molar-refractivity contribution is 8.16. The van der Waals surface area contributed by atoms with Crippen LogP contribution in [0, 0.1) is 11.8 Å². The predicted molar refractivity (Wildman–Crippen MR) is 100 cm³/mol. The summed E-state index contributed by atoms with van der Waals surface area (Å²) < 4.78 is 25.4. The molecular weight excluding hydrogens is 394 g/mol.